The predicted molar refractivity (Wildman–Crippen MR) is 167 cm³/mol. The number of hydrogen-bond donors (Lipinski definition) is 1. The molecule has 0 radical (unpaired) electrons. The molecule has 0 saturated heterocycles. The summed E-state index contributed by atoms with van der Waals surface area (Å²) >= 11 is 0. The van der Waals surface area contributed by atoms with Crippen molar-refractivity contribution < 1.29 is 0 Å². The van der Waals surface area contributed by atoms with Gasteiger partial charge in [-0.2, -0.15) is 0 Å². The van der Waals surface area contributed by atoms with E-state index in [2.05, 4.69) is 133 Å². The molecule has 1 heterocycles. The Balaban J connectivity index is 1.39. The van der Waals surface area contributed by atoms with E-state index < -0.39 is 0 Å². The fourth-order valence-electron chi connectivity index (χ4n) is 5.29. The van der Waals surface area contributed by atoms with Crippen LogP contribution in [0.15, 0.2) is 162 Å². The van der Waals surface area contributed by atoms with Gasteiger partial charge in [-0.15, -0.1) is 0 Å². The van der Waals surface area contributed by atoms with Crippen LogP contribution in [0, 0.1) is 0 Å². The van der Waals surface area contributed by atoms with E-state index >= 15 is 0 Å². The summed E-state index contributed by atoms with van der Waals surface area (Å²) in [7, 11) is 0. The van der Waals surface area contributed by atoms with Crippen LogP contribution in [-0.2, 0) is 0 Å². The Morgan fingerprint density at radius 3 is 1.82 bits per heavy atom. The van der Waals surface area contributed by atoms with Crippen LogP contribution in [-0.4, -0.2) is 11.7 Å². The van der Waals surface area contributed by atoms with Crippen molar-refractivity contribution in [2.45, 2.75) is 6.17 Å². The Hall–Kier alpha value is -5.28. The molecule has 40 heavy (non-hydrogen) atoms. The number of benzene rings is 6. The summed E-state index contributed by atoms with van der Waals surface area (Å²) in [5.41, 5.74) is 7.87. The van der Waals surface area contributed by atoms with Crippen LogP contribution < -0.4 is 5.32 Å². The second-order valence-electron chi connectivity index (χ2n) is 9.93. The molecule has 190 valence electrons. The maximum Gasteiger partial charge on any atom is 0.159 e. The van der Waals surface area contributed by atoms with Crippen LogP contribution in [0.5, 0.6) is 0 Å². The van der Waals surface area contributed by atoms with E-state index in [0.717, 1.165) is 39.3 Å². The van der Waals surface area contributed by atoms with Crippen LogP contribution in [0.2, 0.25) is 0 Å². The minimum atomic E-state index is -0.243. The summed E-state index contributed by atoms with van der Waals surface area (Å²) in [5.74, 6) is 1.55. The maximum atomic E-state index is 5.10. The number of rotatable bonds is 5. The Labute approximate surface area is 234 Å². The molecule has 1 N–H and O–H groups in total. The van der Waals surface area contributed by atoms with Crippen molar-refractivity contribution in [2.24, 2.45) is 9.98 Å². The minimum Gasteiger partial charge on any atom is -0.344 e. The molecule has 1 aliphatic rings. The molecule has 0 aliphatic carbocycles. The zero-order valence-corrected chi connectivity index (χ0v) is 21.9. The molecule has 6 aromatic rings. The van der Waals surface area contributed by atoms with E-state index in [1.54, 1.807) is 0 Å². The van der Waals surface area contributed by atoms with Gasteiger partial charge in [-0.25, -0.2) is 9.98 Å². The van der Waals surface area contributed by atoms with Gasteiger partial charge in [0.25, 0.3) is 0 Å². The van der Waals surface area contributed by atoms with Crippen molar-refractivity contribution >= 4 is 22.4 Å². The Morgan fingerprint density at radius 2 is 1.07 bits per heavy atom. The van der Waals surface area contributed by atoms with Gasteiger partial charge in [0.05, 0.1) is 0 Å². The molecule has 0 aromatic heterocycles. The number of nitrogens with one attached hydrogen (secondary N) is 1. The molecule has 6 aromatic carbocycles. The predicted octanol–water partition coefficient (Wildman–Crippen LogP) is 8.67. The Bertz CT molecular complexity index is 1860. The monoisotopic (exact) mass is 513 g/mol. The lowest BCUT2D eigenvalue weighted by Crippen LogP contribution is -2.33. The Morgan fingerprint density at radius 1 is 0.475 bits per heavy atom. The highest BCUT2D eigenvalue weighted by atomic mass is 15.2. The van der Waals surface area contributed by atoms with Crippen molar-refractivity contribution in [1.82, 2.24) is 5.32 Å². The smallest absolute Gasteiger partial charge is 0.159 e. The van der Waals surface area contributed by atoms with E-state index in [9.17, 15) is 0 Å². The number of hydrogen-bond acceptors (Lipinski definition) is 3. The molecule has 1 unspecified atom stereocenters. The summed E-state index contributed by atoms with van der Waals surface area (Å²) in [6.07, 6.45) is -0.243. The number of nitrogens with zero attached hydrogens (tertiary/aromatic N) is 2. The quantitative estimate of drug-likeness (QED) is 0.246. The first-order valence-electron chi connectivity index (χ1n) is 13.5. The molecule has 0 fully saturated rings. The van der Waals surface area contributed by atoms with Crippen molar-refractivity contribution in [1.29, 1.82) is 0 Å². The fraction of sp³-hybridized carbons (Fsp3) is 0.0270. The first-order chi connectivity index (χ1) is 19.8. The molecule has 0 bridgehead atoms. The highest BCUT2D eigenvalue weighted by Crippen LogP contribution is 2.32. The second-order valence-corrected chi connectivity index (χ2v) is 9.93. The molecule has 0 amide bonds. The molecular weight excluding hydrogens is 486 g/mol. The van der Waals surface area contributed by atoms with E-state index in [0.29, 0.717) is 0 Å². The highest BCUT2D eigenvalue weighted by molar-refractivity contribution is 6.18. The van der Waals surface area contributed by atoms with Crippen LogP contribution >= 0.6 is 0 Å². The van der Waals surface area contributed by atoms with Gasteiger partial charge in [0.1, 0.15) is 12.0 Å². The minimum absolute atomic E-state index is 0.243. The molecular formula is C37H27N3. The van der Waals surface area contributed by atoms with Crippen molar-refractivity contribution in [3.8, 4) is 22.3 Å². The van der Waals surface area contributed by atoms with E-state index in [1.807, 2.05) is 24.3 Å². The molecule has 3 nitrogen and oxygen atoms in total. The third-order valence-corrected chi connectivity index (χ3v) is 7.31. The molecule has 3 heteroatoms. The summed E-state index contributed by atoms with van der Waals surface area (Å²) in [4.78, 5) is 10.1. The summed E-state index contributed by atoms with van der Waals surface area (Å²) in [6, 6.07) is 52.9. The number of aliphatic imine (C=N–C) groups is 2. The molecule has 7 rings (SSSR count). The standard InChI is InChI=1S/C37H27N3/c1-4-13-26(14-5-1)29-20-12-21-30(23-29)32-24-31-19-10-11-22-33(31)34(25-32)37-39-35(27-15-6-2-7-16-27)38-36(40-37)28-17-8-3-9-18-28/h1-25,35H,(H,38,39,40). The lowest BCUT2D eigenvalue weighted by molar-refractivity contribution is 0.674. The summed E-state index contributed by atoms with van der Waals surface area (Å²) < 4.78 is 0. The topological polar surface area (TPSA) is 36.8 Å². The Kier molecular flexibility index (Phi) is 6.23. The van der Waals surface area contributed by atoms with Crippen LogP contribution in [0.4, 0.5) is 0 Å². The first kappa shape index (κ1) is 23.8. The second kappa shape index (κ2) is 10.5. The van der Waals surface area contributed by atoms with E-state index in [4.69, 9.17) is 9.98 Å². The summed E-state index contributed by atoms with van der Waals surface area (Å²) in [5, 5.41) is 5.98. The van der Waals surface area contributed by atoms with Crippen LogP contribution in [0.1, 0.15) is 22.9 Å². The van der Waals surface area contributed by atoms with Gasteiger partial charge in [0.15, 0.2) is 5.84 Å². The van der Waals surface area contributed by atoms with Gasteiger partial charge in [0, 0.05) is 11.1 Å². The first-order valence-corrected chi connectivity index (χ1v) is 13.5. The lowest BCUT2D eigenvalue weighted by atomic mass is 9.94. The third-order valence-electron chi connectivity index (χ3n) is 7.31. The molecule has 1 aliphatic heterocycles. The van der Waals surface area contributed by atoms with Crippen molar-refractivity contribution in [2.75, 3.05) is 0 Å². The number of amidine groups is 2. The largest absolute Gasteiger partial charge is 0.344 e. The lowest BCUT2D eigenvalue weighted by Gasteiger charge is -2.24. The molecule has 0 saturated carbocycles. The SMILES string of the molecule is c1ccc(C2=NC(c3ccccc3)NC(c3cc(-c4cccc(-c5ccccc5)c4)cc4ccccc34)=N2)cc1. The van der Waals surface area contributed by atoms with Crippen molar-refractivity contribution in [3.63, 3.8) is 0 Å². The average molecular weight is 514 g/mol. The van der Waals surface area contributed by atoms with Gasteiger partial charge in [-0.05, 0) is 56.8 Å². The van der Waals surface area contributed by atoms with Gasteiger partial charge >= 0.3 is 0 Å². The normalized spacial score (nSPS) is 14.8. The third kappa shape index (κ3) is 4.70. The van der Waals surface area contributed by atoms with Gasteiger partial charge < -0.3 is 5.32 Å². The fourth-order valence-corrected chi connectivity index (χ4v) is 5.29. The average Bonchev–Trinajstić information content (AvgIpc) is 3.05. The zero-order valence-electron chi connectivity index (χ0n) is 21.9. The zero-order chi connectivity index (χ0) is 26.7. The van der Waals surface area contributed by atoms with Crippen LogP contribution in [0.3, 0.4) is 0 Å². The van der Waals surface area contributed by atoms with Crippen molar-refractivity contribution in [3.05, 3.63) is 168 Å². The van der Waals surface area contributed by atoms with E-state index in [1.165, 1.54) is 22.1 Å². The highest BCUT2D eigenvalue weighted by Gasteiger charge is 2.22. The molecule has 1 atom stereocenters. The summed E-state index contributed by atoms with van der Waals surface area (Å²) in [6.45, 7) is 0. The van der Waals surface area contributed by atoms with Crippen LogP contribution in [0.25, 0.3) is 33.0 Å². The molecule has 0 spiro atoms. The van der Waals surface area contributed by atoms with Gasteiger partial charge in [-0.3, -0.25) is 0 Å². The maximum absolute atomic E-state index is 5.10. The van der Waals surface area contributed by atoms with Gasteiger partial charge in [-0.1, -0.05) is 133 Å². The number of fused-ring (bicyclic) bond motifs is 1. The van der Waals surface area contributed by atoms with E-state index in [-0.39, 0.29) is 6.17 Å². The van der Waals surface area contributed by atoms with Gasteiger partial charge in [0.2, 0.25) is 0 Å².